The lowest BCUT2D eigenvalue weighted by Crippen LogP contribution is -2.41. The number of hydrogen-bond acceptors (Lipinski definition) is 3. The first-order valence-electron chi connectivity index (χ1n) is 8.65. The number of nitrogens with zero attached hydrogens (tertiary/aromatic N) is 1. The molecule has 2 aromatic heterocycles. The highest BCUT2D eigenvalue weighted by Gasteiger charge is 2.36. The molecule has 130 valence electrons. The van der Waals surface area contributed by atoms with Crippen LogP contribution in [0.4, 0.5) is 0 Å². The fourth-order valence-electron chi connectivity index (χ4n) is 3.76. The predicted octanol–water partition coefficient (Wildman–Crippen LogP) is 3.41. The summed E-state index contributed by atoms with van der Waals surface area (Å²) in [4.78, 5) is 13.9. The Morgan fingerprint density at radius 1 is 1.32 bits per heavy atom. The third kappa shape index (κ3) is 3.22. The molecule has 0 saturated heterocycles. The maximum Gasteiger partial charge on any atom is 0.225 e. The van der Waals surface area contributed by atoms with E-state index in [1.165, 1.54) is 4.88 Å². The molecule has 1 fully saturated rings. The summed E-state index contributed by atoms with van der Waals surface area (Å²) in [7, 11) is 2.01. The number of aromatic nitrogens is 1. The van der Waals surface area contributed by atoms with E-state index in [0.29, 0.717) is 12.3 Å². The minimum Gasteiger partial charge on any atom is -0.393 e. The number of hydrogen-bond donors (Lipinski definition) is 2. The number of aliphatic hydroxyl groups is 1. The number of thiophene rings is 1. The van der Waals surface area contributed by atoms with Crippen molar-refractivity contribution in [2.45, 2.75) is 31.4 Å². The summed E-state index contributed by atoms with van der Waals surface area (Å²) in [5.41, 5.74) is 2.19. The molecular weight excluding hydrogens is 332 g/mol. The Bertz CT molecular complexity index is 878. The van der Waals surface area contributed by atoms with Gasteiger partial charge in [0.2, 0.25) is 5.91 Å². The lowest BCUT2D eigenvalue weighted by molar-refractivity contribution is -0.122. The average molecular weight is 354 g/mol. The van der Waals surface area contributed by atoms with Gasteiger partial charge in [-0.2, -0.15) is 0 Å². The summed E-state index contributed by atoms with van der Waals surface area (Å²) in [5, 5.41) is 16.0. The molecule has 0 radical (unpaired) electrons. The second-order valence-electron chi connectivity index (χ2n) is 6.91. The number of fused-ring (bicyclic) bond motifs is 1. The lowest BCUT2D eigenvalue weighted by atomic mass is 9.76. The number of aryl methyl sites for hydroxylation is 1. The molecule has 25 heavy (non-hydrogen) atoms. The lowest BCUT2D eigenvalue weighted by Gasteiger charge is -2.37. The molecule has 1 amide bonds. The van der Waals surface area contributed by atoms with E-state index in [2.05, 4.69) is 28.1 Å². The molecule has 1 aromatic carbocycles. The zero-order valence-corrected chi connectivity index (χ0v) is 15.0. The molecule has 1 atom stereocenters. The van der Waals surface area contributed by atoms with Crippen LogP contribution in [0.2, 0.25) is 0 Å². The smallest absolute Gasteiger partial charge is 0.225 e. The van der Waals surface area contributed by atoms with Crippen LogP contribution >= 0.6 is 11.3 Å². The van der Waals surface area contributed by atoms with E-state index in [-0.39, 0.29) is 18.1 Å². The molecule has 2 N–H and O–H groups in total. The minimum absolute atomic E-state index is 0.00544. The van der Waals surface area contributed by atoms with E-state index in [9.17, 15) is 9.90 Å². The standard InChI is InChI=1S/C20H22N2O2S/c1-22-12-14(16-5-2-3-6-17(16)22)11-19(24)21-20(13-9-15(23)10-13)18-7-4-8-25-18/h2-8,12-13,15,20,23H,9-11H2,1H3,(H,21,24)/t13?,15?,20-/m0/s1. The highest BCUT2D eigenvalue weighted by molar-refractivity contribution is 7.10. The van der Waals surface area contributed by atoms with Crippen molar-refractivity contribution in [3.63, 3.8) is 0 Å². The zero-order valence-electron chi connectivity index (χ0n) is 14.2. The van der Waals surface area contributed by atoms with Gasteiger partial charge in [0.25, 0.3) is 0 Å². The van der Waals surface area contributed by atoms with E-state index in [1.54, 1.807) is 11.3 Å². The zero-order chi connectivity index (χ0) is 17.4. The van der Waals surface area contributed by atoms with Gasteiger partial charge in [0, 0.05) is 29.0 Å². The van der Waals surface area contributed by atoms with Gasteiger partial charge in [0.1, 0.15) is 0 Å². The molecule has 2 heterocycles. The molecule has 0 unspecified atom stereocenters. The Hall–Kier alpha value is -2.11. The average Bonchev–Trinajstić information content (AvgIpc) is 3.20. The molecule has 4 nitrogen and oxygen atoms in total. The van der Waals surface area contributed by atoms with Crippen molar-refractivity contribution in [3.05, 3.63) is 58.4 Å². The first kappa shape index (κ1) is 16.4. The maximum absolute atomic E-state index is 12.7. The van der Waals surface area contributed by atoms with Crippen LogP contribution < -0.4 is 5.32 Å². The van der Waals surface area contributed by atoms with Gasteiger partial charge in [0.15, 0.2) is 0 Å². The highest BCUT2D eigenvalue weighted by Crippen LogP contribution is 2.39. The Kier molecular flexibility index (Phi) is 4.36. The molecule has 0 spiro atoms. The summed E-state index contributed by atoms with van der Waals surface area (Å²) >= 11 is 1.66. The first-order chi connectivity index (χ1) is 12.1. The van der Waals surface area contributed by atoms with E-state index >= 15 is 0 Å². The van der Waals surface area contributed by atoms with Crippen molar-refractivity contribution in [1.29, 1.82) is 0 Å². The minimum atomic E-state index is -0.220. The Balaban J connectivity index is 1.51. The van der Waals surface area contributed by atoms with Gasteiger partial charge in [-0.3, -0.25) is 4.79 Å². The van der Waals surface area contributed by atoms with E-state index in [1.807, 2.05) is 36.8 Å². The van der Waals surface area contributed by atoms with Gasteiger partial charge in [-0.25, -0.2) is 0 Å². The fourth-order valence-corrected chi connectivity index (χ4v) is 4.62. The van der Waals surface area contributed by atoms with Crippen molar-refractivity contribution in [1.82, 2.24) is 9.88 Å². The van der Waals surface area contributed by atoms with Gasteiger partial charge in [-0.15, -0.1) is 11.3 Å². The summed E-state index contributed by atoms with van der Waals surface area (Å²) < 4.78 is 2.07. The van der Waals surface area contributed by atoms with Crippen LogP contribution in [0.1, 0.15) is 29.3 Å². The SMILES string of the molecule is Cn1cc(CC(=O)N[C@H](c2cccs2)C2CC(O)C2)c2ccccc21. The van der Waals surface area contributed by atoms with Crippen molar-refractivity contribution in [2.75, 3.05) is 0 Å². The van der Waals surface area contributed by atoms with Crippen LogP contribution in [-0.4, -0.2) is 21.7 Å². The third-order valence-electron chi connectivity index (χ3n) is 5.12. The van der Waals surface area contributed by atoms with Crippen molar-refractivity contribution >= 4 is 28.1 Å². The van der Waals surface area contributed by atoms with Gasteiger partial charge >= 0.3 is 0 Å². The number of rotatable bonds is 5. The summed E-state index contributed by atoms with van der Waals surface area (Å²) in [6, 6.07) is 12.2. The highest BCUT2D eigenvalue weighted by atomic mass is 32.1. The number of carbonyl (C=O) groups is 1. The van der Waals surface area contributed by atoms with Crippen molar-refractivity contribution in [2.24, 2.45) is 13.0 Å². The van der Waals surface area contributed by atoms with Crippen molar-refractivity contribution < 1.29 is 9.90 Å². The molecule has 3 aromatic rings. The van der Waals surface area contributed by atoms with Crippen LogP contribution in [0.3, 0.4) is 0 Å². The third-order valence-corrected chi connectivity index (χ3v) is 6.07. The molecule has 0 aliphatic heterocycles. The second kappa shape index (κ2) is 6.65. The Morgan fingerprint density at radius 2 is 2.12 bits per heavy atom. The fraction of sp³-hybridized carbons (Fsp3) is 0.350. The molecule has 0 bridgehead atoms. The number of carbonyl (C=O) groups excluding carboxylic acids is 1. The number of benzene rings is 1. The Labute approximate surface area is 151 Å². The molecule has 1 aliphatic rings. The van der Waals surface area contributed by atoms with Crippen LogP contribution in [-0.2, 0) is 18.3 Å². The monoisotopic (exact) mass is 354 g/mol. The summed E-state index contributed by atoms with van der Waals surface area (Å²) in [6.45, 7) is 0. The van der Waals surface area contributed by atoms with Crippen LogP contribution in [0, 0.1) is 5.92 Å². The molecule has 1 saturated carbocycles. The summed E-state index contributed by atoms with van der Waals surface area (Å²) in [5.74, 6) is 0.362. The topological polar surface area (TPSA) is 54.3 Å². The van der Waals surface area contributed by atoms with Crippen molar-refractivity contribution in [3.8, 4) is 0 Å². The summed E-state index contributed by atoms with van der Waals surface area (Å²) in [6.07, 6.45) is 3.71. The quantitative estimate of drug-likeness (QED) is 0.738. The van der Waals surface area contributed by atoms with E-state index < -0.39 is 0 Å². The number of amides is 1. The molecule has 1 aliphatic carbocycles. The van der Waals surface area contributed by atoms with Gasteiger partial charge in [0.05, 0.1) is 18.6 Å². The normalized spacial score (nSPS) is 21.0. The van der Waals surface area contributed by atoms with E-state index in [0.717, 1.165) is 29.3 Å². The van der Waals surface area contributed by atoms with Gasteiger partial charge < -0.3 is 15.0 Å². The molecule has 5 heteroatoms. The van der Waals surface area contributed by atoms with E-state index in [4.69, 9.17) is 0 Å². The largest absolute Gasteiger partial charge is 0.393 e. The second-order valence-corrected chi connectivity index (χ2v) is 7.88. The van der Waals surface area contributed by atoms with Crippen LogP contribution in [0.5, 0.6) is 0 Å². The van der Waals surface area contributed by atoms with Gasteiger partial charge in [-0.1, -0.05) is 24.3 Å². The predicted molar refractivity (Wildman–Crippen MR) is 101 cm³/mol. The van der Waals surface area contributed by atoms with Crippen LogP contribution in [0.15, 0.2) is 48.0 Å². The number of nitrogens with one attached hydrogen (secondary N) is 1. The van der Waals surface area contributed by atoms with Gasteiger partial charge in [-0.05, 0) is 41.8 Å². The number of aliphatic hydroxyl groups excluding tert-OH is 1. The van der Waals surface area contributed by atoms with Crippen LogP contribution in [0.25, 0.3) is 10.9 Å². The Morgan fingerprint density at radius 3 is 2.84 bits per heavy atom. The molecule has 4 rings (SSSR count). The maximum atomic E-state index is 12.7. The first-order valence-corrected chi connectivity index (χ1v) is 9.53. The number of para-hydroxylation sites is 1. The molecular formula is C20H22N2O2S.